The van der Waals surface area contributed by atoms with Crippen molar-refractivity contribution in [2.24, 2.45) is 0 Å². The summed E-state index contributed by atoms with van der Waals surface area (Å²) in [6.07, 6.45) is 2.45. The number of amides is 1. The summed E-state index contributed by atoms with van der Waals surface area (Å²) < 4.78 is 0. The van der Waals surface area contributed by atoms with E-state index < -0.39 is 0 Å². The lowest BCUT2D eigenvalue weighted by Gasteiger charge is -2.09. The molecule has 1 heterocycles. The van der Waals surface area contributed by atoms with E-state index in [1.807, 2.05) is 50.2 Å². The minimum Gasteiger partial charge on any atom is -0.354 e. The first-order valence-corrected chi connectivity index (χ1v) is 8.61. The number of nitrogens with zero attached hydrogens (tertiary/aromatic N) is 2. The number of aromatic nitrogens is 2. The lowest BCUT2D eigenvalue weighted by Crippen LogP contribution is -2.16. The van der Waals surface area contributed by atoms with Crippen molar-refractivity contribution in [3.05, 3.63) is 83.2 Å². The van der Waals surface area contributed by atoms with Gasteiger partial charge in [0.15, 0.2) is 0 Å². The van der Waals surface area contributed by atoms with Crippen LogP contribution in [0.2, 0.25) is 0 Å². The Morgan fingerprint density at radius 1 is 1.00 bits per heavy atom. The van der Waals surface area contributed by atoms with Gasteiger partial charge in [-0.15, -0.1) is 0 Å². The van der Waals surface area contributed by atoms with Crippen LogP contribution in [-0.4, -0.2) is 22.4 Å². The van der Waals surface area contributed by atoms with Crippen molar-refractivity contribution in [1.82, 2.24) is 9.97 Å². The van der Waals surface area contributed by atoms with Gasteiger partial charge >= 0.3 is 0 Å². The van der Waals surface area contributed by atoms with Gasteiger partial charge in [-0.1, -0.05) is 36.4 Å². The van der Waals surface area contributed by atoms with Crippen molar-refractivity contribution in [1.29, 1.82) is 0 Å². The highest BCUT2D eigenvalue weighted by molar-refractivity contribution is 6.03. The highest BCUT2D eigenvalue weighted by Gasteiger charge is 2.09. The zero-order chi connectivity index (χ0) is 18.4. The van der Waals surface area contributed by atoms with Crippen LogP contribution in [0.3, 0.4) is 0 Å². The summed E-state index contributed by atoms with van der Waals surface area (Å²) >= 11 is 0. The van der Waals surface area contributed by atoms with Gasteiger partial charge in [-0.2, -0.15) is 0 Å². The summed E-state index contributed by atoms with van der Waals surface area (Å²) in [5, 5.41) is 6.05. The number of nitrogens with one attached hydrogen (secondary N) is 2. The summed E-state index contributed by atoms with van der Waals surface area (Å²) in [6.45, 7) is 4.76. The smallest absolute Gasteiger partial charge is 0.274 e. The Morgan fingerprint density at radius 2 is 1.81 bits per heavy atom. The molecular weight excluding hydrogens is 324 g/mol. The van der Waals surface area contributed by atoms with Crippen LogP contribution in [0.15, 0.2) is 60.8 Å². The molecule has 2 N–H and O–H groups in total. The molecule has 0 saturated carbocycles. The SMILES string of the molecule is Cc1ccc(NC(=O)c2ccnc(NCCc3ccccc3)n2)cc1C. The number of rotatable bonds is 6. The molecule has 1 aromatic heterocycles. The zero-order valence-electron chi connectivity index (χ0n) is 15.0. The van der Waals surface area contributed by atoms with E-state index in [1.165, 1.54) is 11.1 Å². The Bertz CT molecular complexity index is 894. The minimum absolute atomic E-state index is 0.248. The Labute approximate surface area is 153 Å². The van der Waals surface area contributed by atoms with Crippen molar-refractivity contribution in [2.45, 2.75) is 20.3 Å². The predicted molar refractivity (Wildman–Crippen MR) is 105 cm³/mol. The van der Waals surface area contributed by atoms with Gasteiger partial charge in [-0.05, 0) is 55.2 Å². The second-order valence-corrected chi connectivity index (χ2v) is 6.18. The van der Waals surface area contributed by atoms with E-state index in [2.05, 4.69) is 32.7 Å². The average molecular weight is 346 g/mol. The third kappa shape index (κ3) is 4.66. The average Bonchev–Trinajstić information content (AvgIpc) is 2.66. The Kier molecular flexibility index (Phi) is 5.59. The minimum atomic E-state index is -0.248. The van der Waals surface area contributed by atoms with Crippen LogP contribution in [0.1, 0.15) is 27.2 Å². The lowest BCUT2D eigenvalue weighted by molar-refractivity contribution is 0.102. The van der Waals surface area contributed by atoms with Crippen molar-refractivity contribution >= 4 is 17.5 Å². The topological polar surface area (TPSA) is 66.9 Å². The normalized spacial score (nSPS) is 10.4. The Balaban J connectivity index is 1.60. The van der Waals surface area contributed by atoms with Gasteiger partial charge in [0.25, 0.3) is 5.91 Å². The van der Waals surface area contributed by atoms with Crippen LogP contribution in [0, 0.1) is 13.8 Å². The first-order valence-electron chi connectivity index (χ1n) is 8.61. The van der Waals surface area contributed by atoms with E-state index in [9.17, 15) is 4.79 Å². The van der Waals surface area contributed by atoms with Crippen molar-refractivity contribution in [3.63, 3.8) is 0 Å². The van der Waals surface area contributed by atoms with Gasteiger partial charge in [-0.3, -0.25) is 4.79 Å². The first-order chi connectivity index (χ1) is 12.6. The highest BCUT2D eigenvalue weighted by atomic mass is 16.1. The molecule has 0 spiro atoms. The highest BCUT2D eigenvalue weighted by Crippen LogP contribution is 2.15. The molecule has 2 aromatic carbocycles. The zero-order valence-corrected chi connectivity index (χ0v) is 15.0. The Morgan fingerprint density at radius 3 is 2.58 bits per heavy atom. The molecule has 0 radical (unpaired) electrons. The van der Waals surface area contributed by atoms with Crippen LogP contribution in [0.25, 0.3) is 0 Å². The molecule has 0 saturated heterocycles. The number of hydrogen-bond acceptors (Lipinski definition) is 4. The number of carbonyl (C=O) groups is 1. The summed E-state index contributed by atoms with van der Waals surface area (Å²) in [6, 6.07) is 17.6. The van der Waals surface area contributed by atoms with E-state index in [0.29, 0.717) is 18.2 Å². The fourth-order valence-corrected chi connectivity index (χ4v) is 2.55. The molecule has 0 aliphatic carbocycles. The summed E-state index contributed by atoms with van der Waals surface area (Å²) in [7, 11) is 0. The summed E-state index contributed by atoms with van der Waals surface area (Å²) in [5.74, 6) is 0.204. The quantitative estimate of drug-likeness (QED) is 0.708. The molecule has 5 nitrogen and oxygen atoms in total. The molecule has 26 heavy (non-hydrogen) atoms. The van der Waals surface area contributed by atoms with Gasteiger partial charge in [0, 0.05) is 18.4 Å². The maximum atomic E-state index is 12.4. The van der Waals surface area contributed by atoms with E-state index in [4.69, 9.17) is 0 Å². The Hall–Kier alpha value is -3.21. The maximum absolute atomic E-state index is 12.4. The van der Waals surface area contributed by atoms with Gasteiger partial charge in [0.1, 0.15) is 5.69 Å². The van der Waals surface area contributed by atoms with E-state index >= 15 is 0 Å². The van der Waals surface area contributed by atoms with Gasteiger partial charge in [0.2, 0.25) is 5.95 Å². The summed E-state index contributed by atoms with van der Waals surface area (Å²) in [4.78, 5) is 20.9. The monoisotopic (exact) mass is 346 g/mol. The second kappa shape index (κ2) is 8.25. The standard InChI is InChI=1S/C21H22N4O/c1-15-8-9-18(14-16(15)2)24-20(26)19-11-13-23-21(25-19)22-12-10-17-6-4-3-5-7-17/h3-9,11,13-14H,10,12H2,1-2H3,(H,24,26)(H,22,23,25). The number of hydrogen-bond donors (Lipinski definition) is 2. The lowest BCUT2D eigenvalue weighted by atomic mass is 10.1. The molecule has 0 bridgehead atoms. The molecule has 3 rings (SSSR count). The van der Waals surface area contributed by atoms with Crippen LogP contribution < -0.4 is 10.6 Å². The van der Waals surface area contributed by atoms with Crippen LogP contribution in [0.4, 0.5) is 11.6 Å². The fourth-order valence-electron chi connectivity index (χ4n) is 2.55. The molecule has 0 aliphatic rings. The van der Waals surface area contributed by atoms with Crippen molar-refractivity contribution < 1.29 is 4.79 Å². The molecule has 0 unspecified atom stereocenters. The third-order valence-corrected chi connectivity index (χ3v) is 4.19. The third-order valence-electron chi connectivity index (χ3n) is 4.19. The van der Waals surface area contributed by atoms with Gasteiger partial charge < -0.3 is 10.6 Å². The van der Waals surface area contributed by atoms with Crippen LogP contribution in [-0.2, 0) is 6.42 Å². The molecule has 3 aromatic rings. The molecule has 0 fully saturated rings. The van der Waals surface area contributed by atoms with E-state index in [0.717, 1.165) is 17.7 Å². The van der Waals surface area contributed by atoms with Crippen LogP contribution >= 0.6 is 0 Å². The van der Waals surface area contributed by atoms with Crippen LogP contribution in [0.5, 0.6) is 0 Å². The molecular formula is C21H22N4O. The van der Waals surface area contributed by atoms with Gasteiger partial charge in [-0.25, -0.2) is 9.97 Å². The number of anilines is 2. The van der Waals surface area contributed by atoms with Gasteiger partial charge in [0.05, 0.1) is 0 Å². The largest absolute Gasteiger partial charge is 0.354 e. The molecule has 1 amide bonds. The fraction of sp³-hybridized carbons (Fsp3) is 0.190. The molecule has 0 aliphatic heterocycles. The predicted octanol–water partition coefficient (Wildman–Crippen LogP) is 4.00. The second-order valence-electron chi connectivity index (χ2n) is 6.18. The van der Waals surface area contributed by atoms with Crippen molar-refractivity contribution in [3.8, 4) is 0 Å². The molecule has 5 heteroatoms. The first kappa shape index (κ1) is 17.6. The number of benzene rings is 2. The van der Waals surface area contributed by atoms with Crippen molar-refractivity contribution in [2.75, 3.05) is 17.2 Å². The summed E-state index contributed by atoms with van der Waals surface area (Å²) in [5.41, 5.74) is 4.66. The number of carbonyl (C=O) groups excluding carboxylic acids is 1. The number of aryl methyl sites for hydroxylation is 2. The molecule has 132 valence electrons. The maximum Gasteiger partial charge on any atom is 0.274 e. The van der Waals surface area contributed by atoms with E-state index in [1.54, 1.807) is 12.3 Å². The molecule has 0 atom stereocenters. The van der Waals surface area contributed by atoms with E-state index in [-0.39, 0.29) is 5.91 Å².